The van der Waals surface area contributed by atoms with Gasteiger partial charge in [-0.1, -0.05) is 18.3 Å². The number of hydrogen-bond acceptors (Lipinski definition) is 3. The summed E-state index contributed by atoms with van der Waals surface area (Å²) >= 11 is 1.14. The average Bonchev–Trinajstić information content (AvgIpc) is 2.01. The summed E-state index contributed by atoms with van der Waals surface area (Å²) in [6.45, 7) is -1.02. The largest absolute Gasteiger partial charge is 0.289 e. The maximum absolute atomic E-state index is 11.8. The second-order valence-corrected chi connectivity index (χ2v) is 7.58. The maximum Gasteiger partial charge on any atom is 0.265 e. The van der Waals surface area contributed by atoms with E-state index in [4.69, 9.17) is 0 Å². The van der Waals surface area contributed by atoms with Crippen molar-refractivity contribution in [3.05, 3.63) is 0 Å². The summed E-state index contributed by atoms with van der Waals surface area (Å²) in [5.41, 5.74) is -0.157. The van der Waals surface area contributed by atoms with Crippen LogP contribution in [-0.2, 0) is 9.36 Å². The average molecular weight is 195 g/mol. The molecule has 1 atom stereocenters. The summed E-state index contributed by atoms with van der Waals surface area (Å²) in [6.07, 6.45) is 2.05. The van der Waals surface area contributed by atoms with Crippen molar-refractivity contribution in [1.29, 1.82) is 0 Å². The number of rotatable bonds is 4. The molecule has 0 saturated heterocycles. The van der Waals surface area contributed by atoms with Crippen LogP contribution in [0, 0.1) is 0 Å². The highest BCUT2D eigenvalue weighted by atomic mass is 32.7. The van der Waals surface area contributed by atoms with E-state index in [2.05, 4.69) is 0 Å². The third-order valence-corrected chi connectivity index (χ3v) is 6.96. The summed E-state index contributed by atoms with van der Waals surface area (Å²) in [6, 6.07) is 0. The van der Waals surface area contributed by atoms with E-state index in [9.17, 15) is 9.36 Å². The van der Waals surface area contributed by atoms with Gasteiger partial charge in [-0.3, -0.25) is 9.36 Å². The van der Waals surface area contributed by atoms with Crippen LogP contribution in [0.5, 0.6) is 0 Å². The summed E-state index contributed by atoms with van der Waals surface area (Å²) < 4.78 is 13.3. The van der Waals surface area contributed by atoms with Gasteiger partial charge in [-0.05, 0) is 20.4 Å². The lowest BCUT2D eigenvalue weighted by Crippen LogP contribution is -2.12. The minimum Gasteiger partial charge on any atom is -0.289 e. The van der Waals surface area contributed by atoms with Crippen molar-refractivity contribution < 1.29 is 9.36 Å². The van der Waals surface area contributed by atoms with Gasteiger partial charge in [0.25, 0.3) is 6.49 Å². The molecule has 0 spiro atoms. The molecule has 0 radical (unpaired) electrons. The molecule has 0 aliphatic carbocycles. The van der Waals surface area contributed by atoms with Crippen LogP contribution in [0.4, 0.5) is 0 Å². The van der Waals surface area contributed by atoms with E-state index >= 15 is 0 Å². The van der Waals surface area contributed by atoms with Crippen molar-refractivity contribution in [3.8, 4) is 0 Å². The van der Waals surface area contributed by atoms with Crippen LogP contribution in [0.1, 0.15) is 13.3 Å². The molecular weight excluding hydrogens is 181 g/mol. The molecule has 0 aliphatic rings. The van der Waals surface area contributed by atoms with Gasteiger partial charge in [0.2, 0.25) is 5.52 Å². The second kappa shape index (κ2) is 4.29. The highest BCUT2D eigenvalue weighted by molar-refractivity contribution is 8.61. The standard InChI is InChI=1S/C6H14NO2PS/c1-5-6(8)10(9,11-4)7(2)3/h5H2,1-4H3. The molecule has 1 unspecified atom stereocenters. The van der Waals surface area contributed by atoms with Gasteiger partial charge in [0.05, 0.1) is 0 Å². The zero-order valence-electron chi connectivity index (χ0n) is 7.33. The summed E-state index contributed by atoms with van der Waals surface area (Å²) in [7, 11) is 3.34. The van der Waals surface area contributed by atoms with Gasteiger partial charge in [-0.2, -0.15) is 0 Å². The SMILES string of the molecule is CCC(=O)P(=O)(SC)N(C)C. The third-order valence-electron chi connectivity index (χ3n) is 1.39. The van der Waals surface area contributed by atoms with Crippen LogP contribution in [0.2, 0.25) is 0 Å². The van der Waals surface area contributed by atoms with E-state index in [1.165, 1.54) is 4.67 Å². The van der Waals surface area contributed by atoms with Gasteiger partial charge in [0.1, 0.15) is 0 Å². The predicted molar refractivity (Wildman–Crippen MR) is 50.1 cm³/mol. The van der Waals surface area contributed by atoms with E-state index in [-0.39, 0.29) is 5.52 Å². The van der Waals surface area contributed by atoms with Crippen molar-refractivity contribution in [1.82, 2.24) is 4.67 Å². The Labute approximate surface area is 71.7 Å². The Morgan fingerprint density at radius 2 is 2.00 bits per heavy atom. The van der Waals surface area contributed by atoms with Gasteiger partial charge in [-0.15, -0.1) is 0 Å². The van der Waals surface area contributed by atoms with E-state index < -0.39 is 6.49 Å². The summed E-state index contributed by atoms with van der Waals surface area (Å²) in [5.74, 6) is 0. The first kappa shape index (κ1) is 11.2. The van der Waals surface area contributed by atoms with Crippen LogP contribution < -0.4 is 0 Å². The Bertz CT molecular complexity index is 193. The van der Waals surface area contributed by atoms with Crippen molar-refractivity contribution >= 4 is 23.4 Å². The molecule has 0 aliphatic heterocycles. The number of hydrogen-bond donors (Lipinski definition) is 0. The third kappa shape index (κ3) is 2.32. The fraction of sp³-hybridized carbons (Fsp3) is 0.833. The van der Waals surface area contributed by atoms with Gasteiger partial charge in [0.15, 0.2) is 0 Å². The molecule has 66 valence electrons. The van der Waals surface area contributed by atoms with E-state index in [0.717, 1.165) is 11.4 Å². The van der Waals surface area contributed by atoms with Crippen molar-refractivity contribution in [2.45, 2.75) is 13.3 Å². The number of carbonyl (C=O) groups is 1. The lowest BCUT2D eigenvalue weighted by Gasteiger charge is -2.20. The molecule has 0 amide bonds. The number of carbonyl (C=O) groups excluding carboxylic acids is 1. The van der Waals surface area contributed by atoms with Crippen LogP contribution in [0.3, 0.4) is 0 Å². The molecule has 0 heterocycles. The molecule has 0 N–H and O–H groups in total. The molecule has 0 rings (SSSR count). The molecule has 3 nitrogen and oxygen atoms in total. The zero-order valence-corrected chi connectivity index (χ0v) is 9.04. The van der Waals surface area contributed by atoms with Crippen LogP contribution in [0.15, 0.2) is 0 Å². The Hall–Kier alpha value is 0.210. The minimum atomic E-state index is -2.75. The molecule has 0 aromatic rings. The Kier molecular flexibility index (Phi) is 4.37. The molecule has 0 saturated carbocycles. The monoisotopic (exact) mass is 195 g/mol. The first-order valence-electron chi connectivity index (χ1n) is 3.36. The van der Waals surface area contributed by atoms with E-state index in [1.807, 2.05) is 0 Å². The van der Waals surface area contributed by atoms with E-state index in [0.29, 0.717) is 6.42 Å². The smallest absolute Gasteiger partial charge is 0.265 e. The Morgan fingerprint density at radius 1 is 1.55 bits per heavy atom. The van der Waals surface area contributed by atoms with Gasteiger partial charge >= 0.3 is 0 Å². The Morgan fingerprint density at radius 3 is 2.09 bits per heavy atom. The van der Waals surface area contributed by atoms with Crippen LogP contribution in [-0.4, -0.2) is 30.5 Å². The molecule has 11 heavy (non-hydrogen) atoms. The van der Waals surface area contributed by atoms with E-state index in [1.54, 1.807) is 27.3 Å². The van der Waals surface area contributed by atoms with Gasteiger partial charge in [-0.25, -0.2) is 4.67 Å². The molecular formula is C6H14NO2PS. The van der Waals surface area contributed by atoms with Crippen molar-refractivity contribution in [2.24, 2.45) is 0 Å². The Balaban J connectivity index is 4.61. The first-order valence-corrected chi connectivity index (χ1v) is 6.85. The van der Waals surface area contributed by atoms with Crippen molar-refractivity contribution in [2.75, 3.05) is 20.4 Å². The maximum atomic E-state index is 11.8. The minimum absolute atomic E-state index is 0.157. The molecule has 0 fully saturated rings. The predicted octanol–water partition coefficient (Wildman–Crippen LogP) is 2.04. The van der Waals surface area contributed by atoms with Crippen LogP contribution >= 0.6 is 17.9 Å². The molecule has 5 heteroatoms. The highest BCUT2D eigenvalue weighted by Crippen LogP contribution is 2.59. The molecule has 0 aromatic heterocycles. The first-order chi connectivity index (χ1) is 4.99. The quantitative estimate of drug-likeness (QED) is 0.643. The normalized spacial score (nSPS) is 16.5. The lowest BCUT2D eigenvalue weighted by molar-refractivity contribution is -0.111. The topological polar surface area (TPSA) is 37.4 Å². The van der Waals surface area contributed by atoms with Gasteiger partial charge < -0.3 is 0 Å². The summed E-state index contributed by atoms with van der Waals surface area (Å²) in [5, 5.41) is 0. The van der Waals surface area contributed by atoms with Gasteiger partial charge in [0, 0.05) is 6.42 Å². The lowest BCUT2D eigenvalue weighted by atomic mass is 10.6. The second-order valence-electron chi connectivity index (χ2n) is 2.30. The summed E-state index contributed by atoms with van der Waals surface area (Å²) in [4.78, 5) is 11.2. The fourth-order valence-electron chi connectivity index (χ4n) is 0.688. The highest BCUT2D eigenvalue weighted by Gasteiger charge is 2.31. The molecule has 0 bridgehead atoms. The molecule has 0 aromatic carbocycles. The van der Waals surface area contributed by atoms with Crippen LogP contribution in [0.25, 0.3) is 0 Å². The number of nitrogens with zero attached hydrogens (tertiary/aromatic N) is 1. The van der Waals surface area contributed by atoms with Crippen molar-refractivity contribution in [3.63, 3.8) is 0 Å². The zero-order chi connectivity index (χ0) is 9.07. The fourth-order valence-corrected chi connectivity index (χ4v) is 4.04.